The average Bonchev–Trinajstić information content (AvgIpc) is 3.42. The number of hydrogen-bond acceptors (Lipinski definition) is 9. The van der Waals surface area contributed by atoms with Gasteiger partial charge in [-0.05, 0) is 28.8 Å². The molecule has 0 saturated carbocycles. The van der Waals surface area contributed by atoms with Crippen molar-refractivity contribution < 1.29 is 23.6 Å². The maximum atomic E-state index is 11.6. The number of nitrogens with one attached hydrogen (secondary N) is 1. The van der Waals surface area contributed by atoms with Crippen LogP contribution in [0.2, 0.25) is 5.15 Å². The topological polar surface area (TPSA) is 147 Å². The molecule has 0 radical (unpaired) electrons. The van der Waals surface area contributed by atoms with E-state index in [0.717, 1.165) is 22.4 Å². The first-order valence-electron chi connectivity index (χ1n) is 12.6. The molecule has 3 aromatic carbocycles. The molecule has 0 aliphatic heterocycles. The number of nitrogens with two attached hydrogens (primary N) is 1. The van der Waals surface area contributed by atoms with Crippen molar-refractivity contribution in [1.82, 2.24) is 19.5 Å². The smallest absolute Gasteiger partial charge is 0.369 e. The fraction of sp³-hybridized carbons (Fsp3) is 0.179. The largest absolute Gasteiger partial charge is 0.497 e. The van der Waals surface area contributed by atoms with Crippen LogP contribution in [0, 0.1) is 0 Å². The number of aromatic nitrogens is 4. The Hall–Kier alpha value is -3.83. The van der Waals surface area contributed by atoms with Crippen molar-refractivity contribution in [3.8, 4) is 5.75 Å². The van der Waals surface area contributed by atoms with Crippen LogP contribution in [0.15, 0.2) is 91.3 Å². The van der Waals surface area contributed by atoms with Gasteiger partial charge in [-0.1, -0.05) is 84.4 Å². The van der Waals surface area contributed by atoms with Crippen LogP contribution in [0.3, 0.4) is 0 Å². The number of imidazole rings is 1. The van der Waals surface area contributed by atoms with E-state index in [1.807, 2.05) is 84.9 Å². The number of ether oxygens (including phenoxy) is 2. The lowest BCUT2D eigenvalue weighted by Gasteiger charge is -2.37. The van der Waals surface area contributed by atoms with Gasteiger partial charge in [-0.25, -0.2) is 15.5 Å². The second-order valence-electron chi connectivity index (χ2n) is 9.06. The van der Waals surface area contributed by atoms with Gasteiger partial charge in [0.05, 0.1) is 20.0 Å². The van der Waals surface area contributed by atoms with Gasteiger partial charge in [0, 0.05) is 6.54 Å². The van der Waals surface area contributed by atoms with Crippen LogP contribution in [-0.2, 0) is 26.0 Å². The van der Waals surface area contributed by atoms with Crippen molar-refractivity contribution in [2.24, 2.45) is 5.90 Å². The van der Waals surface area contributed by atoms with Gasteiger partial charge in [0.2, 0.25) is 5.95 Å². The molecule has 13 heteroatoms. The SMILES string of the molecule is COc1ccc(C(Nc2nc(Cl)c3ncn(CCOCP(=O)(O)ON)c3n2)(c2ccccc2)c2ccccc2)cc1. The fourth-order valence-corrected chi connectivity index (χ4v) is 5.24. The Morgan fingerprint density at radius 2 is 1.59 bits per heavy atom. The highest BCUT2D eigenvalue weighted by Crippen LogP contribution is 2.41. The van der Waals surface area contributed by atoms with Crippen molar-refractivity contribution in [3.05, 3.63) is 113 Å². The first-order valence-corrected chi connectivity index (χ1v) is 14.7. The number of rotatable bonds is 12. The molecular weight excluding hydrogens is 567 g/mol. The zero-order chi connectivity index (χ0) is 28.9. The van der Waals surface area contributed by atoms with Gasteiger partial charge in [-0.15, -0.1) is 0 Å². The van der Waals surface area contributed by atoms with Crippen LogP contribution < -0.4 is 16.0 Å². The van der Waals surface area contributed by atoms with Crippen LogP contribution in [0.5, 0.6) is 5.75 Å². The van der Waals surface area contributed by atoms with E-state index in [-0.39, 0.29) is 24.3 Å². The molecule has 1 atom stereocenters. The third-order valence-electron chi connectivity index (χ3n) is 6.55. The van der Waals surface area contributed by atoms with Gasteiger partial charge in [0.15, 0.2) is 10.8 Å². The van der Waals surface area contributed by atoms with E-state index in [1.54, 1.807) is 18.0 Å². The molecule has 0 amide bonds. The van der Waals surface area contributed by atoms with Gasteiger partial charge in [-0.2, -0.15) is 9.97 Å². The minimum atomic E-state index is -3.99. The lowest BCUT2D eigenvalue weighted by Crippen LogP contribution is -2.38. The van der Waals surface area contributed by atoms with Gasteiger partial charge in [-0.3, -0.25) is 4.57 Å². The minimum Gasteiger partial charge on any atom is -0.497 e. The number of hydrogen-bond donors (Lipinski definition) is 3. The average molecular weight is 595 g/mol. The van der Waals surface area contributed by atoms with Gasteiger partial charge in [0.1, 0.15) is 23.2 Å². The lowest BCUT2D eigenvalue weighted by atomic mass is 9.77. The van der Waals surface area contributed by atoms with E-state index in [9.17, 15) is 9.46 Å². The number of benzene rings is 3. The van der Waals surface area contributed by atoms with Crippen molar-refractivity contribution in [2.75, 3.05) is 25.4 Å². The third-order valence-corrected chi connectivity index (χ3v) is 7.65. The standard InChI is InChI=1S/C28H28ClN6O5P/c1-38-23-14-12-22(13-15-23)28(20-8-4-2-5-9-20,21-10-6-3-7-11-21)34-27-32-25(29)24-26(33-27)35(18-31-24)16-17-39-19-41(36,37)40-30/h2-15,18H,16-17,19,30H2,1H3,(H,36,37)(H,32,33,34). The Balaban J connectivity index is 1.59. The number of methoxy groups -OCH3 is 1. The van der Waals surface area contributed by atoms with E-state index >= 15 is 0 Å². The van der Waals surface area contributed by atoms with E-state index in [1.165, 1.54) is 0 Å². The molecule has 1 unspecified atom stereocenters. The molecule has 4 N–H and O–H groups in total. The summed E-state index contributed by atoms with van der Waals surface area (Å²) < 4.78 is 28.1. The van der Waals surface area contributed by atoms with Crippen LogP contribution in [0.25, 0.3) is 11.2 Å². The molecule has 0 bridgehead atoms. The molecule has 0 aliphatic carbocycles. The summed E-state index contributed by atoms with van der Waals surface area (Å²) in [5.41, 5.74) is 2.78. The minimum absolute atomic E-state index is 0.0770. The van der Waals surface area contributed by atoms with E-state index < -0.39 is 19.5 Å². The molecule has 5 aromatic rings. The summed E-state index contributed by atoms with van der Waals surface area (Å²) in [6, 6.07) is 27.8. The van der Waals surface area contributed by atoms with Gasteiger partial charge < -0.3 is 24.3 Å². The summed E-state index contributed by atoms with van der Waals surface area (Å²) in [4.78, 5) is 23.2. The predicted octanol–water partition coefficient (Wildman–Crippen LogP) is 4.94. The van der Waals surface area contributed by atoms with Crippen LogP contribution in [-0.4, -0.2) is 44.5 Å². The summed E-state index contributed by atoms with van der Waals surface area (Å²) in [6.45, 7) is 0.350. The molecule has 41 heavy (non-hydrogen) atoms. The van der Waals surface area contributed by atoms with Crippen LogP contribution in [0.1, 0.15) is 16.7 Å². The fourth-order valence-electron chi connectivity index (χ4n) is 4.60. The second kappa shape index (κ2) is 12.4. The summed E-state index contributed by atoms with van der Waals surface area (Å²) in [7, 11) is -2.37. The zero-order valence-corrected chi connectivity index (χ0v) is 23.7. The molecule has 0 saturated heterocycles. The van der Waals surface area contributed by atoms with Gasteiger partial charge >= 0.3 is 7.60 Å². The van der Waals surface area contributed by atoms with Crippen LogP contribution in [0.4, 0.5) is 5.95 Å². The Morgan fingerprint density at radius 1 is 0.976 bits per heavy atom. The molecule has 0 fully saturated rings. The number of nitrogens with zero attached hydrogens (tertiary/aromatic N) is 4. The Labute approximate surface area is 241 Å². The molecule has 5 rings (SSSR count). The van der Waals surface area contributed by atoms with Gasteiger partial charge in [0.25, 0.3) is 0 Å². The first kappa shape index (κ1) is 28.7. The first-order chi connectivity index (χ1) is 19.9. The molecule has 2 aromatic heterocycles. The van der Waals surface area contributed by atoms with E-state index in [4.69, 9.17) is 32.0 Å². The van der Waals surface area contributed by atoms with Crippen LogP contribution >= 0.6 is 19.2 Å². The summed E-state index contributed by atoms with van der Waals surface area (Å²) in [6.07, 6.45) is 1.01. The Morgan fingerprint density at radius 3 is 2.17 bits per heavy atom. The number of halogens is 1. The molecule has 2 heterocycles. The maximum absolute atomic E-state index is 11.6. The zero-order valence-electron chi connectivity index (χ0n) is 22.1. The third kappa shape index (κ3) is 6.11. The highest BCUT2D eigenvalue weighted by atomic mass is 35.5. The molecule has 212 valence electrons. The highest BCUT2D eigenvalue weighted by Gasteiger charge is 2.37. The lowest BCUT2D eigenvalue weighted by molar-refractivity contribution is 0.138. The highest BCUT2D eigenvalue weighted by molar-refractivity contribution is 7.52. The summed E-state index contributed by atoms with van der Waals surface area (Å²) >= 11 is 6.61. The van der Waals surface area contributed by atoms with Crippen molar-refractivity contribution in [3.63, 3.8) is 0 Å². The normalized spacial score (nSPS) is 13.2. The molecule has 0 spiro atoms. The molecular formula is C28H28ClN6O5P. The Bertz CT molecular complexity index is 1610. The molecule has 0 aliphatic rings. The summed E-state index contributed by atoms with van der Waals surface area (Å²) in [5.74, 6) is 5.83. The number of fused-ring (bicyclic) bond motifs is 1. The monoisotopic (exact) mass is 594 g/mol. The Kier molecular flexibility index (Phi) is 8.65. The van der Waals surface area contributed by atoms with Crippen molar-refractivity contribution in [1.29, 1.82) is 0 Å². The molecule has 11 nitrogen and oxygen atoms in total. The summed E-state index contributed by atoms with van der Waals surface area (Å²) in [5, 5.41) is 3.77. The van der Waals surface area contributed by atoms with Crippen molar-refractivity contribution in [2.45, 2.75) is 12.1 Å². The van der Waals surface area contributed by atoms with E-state index in [2.05, 4.69) is 19.9 Å². The maximum Gasteiger partial charge on any atom is 0.369 e. The quantitative estimate of drug-likeness (QED) is 0.0596. The number of anilines is 1. The second-order valence-corrected chi connectivity index (χ2v) is 11.2. The van der Waals surface area contributed by atoms with Crippen molar-refractivity contribution >= 4 is 36.3 Å². The predicted molar refractivity (Wildman–Crippen MR) is 156 cm³/mol. The van der Waals surface area contributed by atoms with E-state index in [0.29, 0.717) is 11.2 Å².